The molecule has 0 aromatic heterocycles. The number of carbonyl (C=O) groups excluding carboxylic acids is 1. The van der Waals surface area contributed by atoms with E-state index in [1.807, 2.05) is 0 Å². The normalized spacial score (nSPS) is 16.2. The van der Waals surface area contributed by atoms with E-state index in [9.17, 15) is 22.4 Å². The van der Waals surface area contributed by atoms with E-state index in [2.05, 4.69) is 11.3 Å². The first-order valence-electron chi connectivity index (χ1n) is 3.22. The fourth-order valence-corrected chi connectivity index (χ4v) is 0.319. The molecule has 0 amide bonds. The zero-order valence-corrected chi connectivity index (χ0v) is 7.04. The highest BCUT2D eigenvalue weighted by Gasteiger charge is 2.55. The van der Waals surface area contributed by atoms with Gasteiger partial charge in [0.25, 0.3) is 0 Å². The molecule has 0 aliphatic heterocycles. The highest BCUT2D eigenvalue weighted by Crippen LogP contribution is 2.34. The molecule has 0 aliphatic rings. The minimum Gasteiger partial charge on any atom is -0.416 e. The Morgan fingerprint density at radius 1 is 1.31 bits per heavy atom. The van der Waals surface area contributed by atoms with E-state index < -0.39 is 18.0 Å². The first kappa shape index (κ1) is 11.9. The van der Waals surface area contributed by atoms with Crippen molar-refractivity contribution < 1.29 is 27.1 Å². The number of hydrogen-bond donors (Lipinski definition) is 0. The molecule has 0 radical (unpaired) electrons. The summed E-state index contributed by atoms with van der Waals surface area (Å²) in [6.07, 6.45) is -5.24. The Hall–Kier alpha value is -1.07. The van der Waals surface area contributed by atoms with Gasteiger partial charge in [-0.3, -0.25) is 0 Å². The Bertz CT molecular complexity index is 229. The maximum absolute atomic E-state index is 12.6. The van der Waals surface area contributed by atoms with Gasteiger partial charge in [-0.25, -0.2) is 4.79 Å². The van der Waals surface area contributed by atoms with Crippen molar-refractivity contribution in [3.63, 3.8) is 0 Å². The molecule has 0 saturated heterocycles. The maximum atomic E-state index is 12.6. The minimum atomic E-state index is -5.24. The molecule has 76 valence electrons. The van der Waals surface area contributed by atoms with Gasteiger partial charge in [0, 0.05) is 12.5 Å². The standard InChI is InChI=1S/C7H8F4O2/c1-4(2)5(12)13-6(3,8)7(9,10)11/h1H2,2-3H3. The van der Waals surface area contributed by atoms with E-state index in [0.29, 0.717) is 0 Å². The summed E-state index contributed by atoms with van der Waals surface area (Å²) in [6, 6.07) is 0. The second kappa shape index (κ2) is 3.35. The predicted molar refractivity (Wildman–Crippen MR) is 36.5 cm³/mol. The fourth-order valence-electron chi connectivity index (χ4n) is 0.319. The van der Waals surface area contributed by atoms with Crippen LogP contribution in [0, 0.1) is 0 Å². The zero-order valence-electron chi connectivity index (χ0n) is 7.04. The van der Waals surface area contributed by atoms with Gasteiger partial charge in [0.2, 0.25) is 0 Å². The van der Waals surface area contributed by atoms with Crippen LogP contribution >= 0.6 is 0 Å². The van der Waals surface area contributed by atoms with E-state index in [1.54, 1.807) is 0 Å². The second-order valence-electron chi connectivity index (χ2n) is 2.58. The van der Waals surface area contributed by atoms with Crippen LogP contribution in [0.2, 0.25) is 0 Å². The summed E-state index contributed by atoms with van der Waals surface area (Å²) in [5.41, 5.74) is -0.298. The van der Waals surface area contributed by atoms with Gasteiger partial charge in [0.05, 0.1) is 0 Å². The lowest BCUT2D eigenvalue weighted by molar-refractivity contribution is -0.310. The number of ether oxygens (including phenoxy) is 1. The maximum Gasteiger partial charge on any atom is 0.460 e. The van der Waals surface area contributed by atoms with Gasteiger partial charge >= 0.3 is 18.0 Å². The molecule has 0 spiro atoms. The summed E-state index contributed by atoms with van der Waals surface area (Å²) in [4.78, 5) is 10.5. The quantitative estimate of drug-likeness (QED) is 0.388. The summed E-state index contributed by atoms with van der Waals surface area (Å²) in [7, 11) is 0. The number of hydrogen-bond acceptors (Lipinski definition) is 2. The third kappa shape index (κ3) is 3.04. The highest BCUT2D eigenvalue weighted by molar-refractivity contribution is 5.87. The smallest absolute Gasteiger partial charge is 0.416 e. The van der Waals surface area contributed by atoms with E-state index in [-0.39, 0.29) is 12.5 Å². The van der Waals surface area contributed by atoms with Crippen LogP contribution in [0.5, 0.6) is 0 Å². The topological polar surface area (TPSA) is 26.3 Å². The van der Waals surface area contributed by atoms with Gasteiger partial charge in [-0.2, -0.15) is 17.6 Å². The van der Waals surface area contributed by atoms with Crippen molar-refractivity contribution >= 4 is 5.97 Å². The molecular weight excluding hydrogens is 192 g/mol. The van der Waals surface area contributed by atoms with E-state index in [4.69, 9.17) is 0 Å². The summed E-state index contributed by atoms with van der Waals surface area (Å²) in [5, 5.41) is 0. The molecule has 0 N–H and O–H groups in total. The monoisotopic (exact) mass is 200 g/mol. The van der Waals surface area contributed by atoms with Gasteiger partial charge in [-0.05, 0) is 6.92 Å². The number of rotatable bonds is 2. The fraction of sp³-hybridized carbons (Fsp3) is 0.571. The molecule has 0 aromatic rings. The molecule has 2 nitrogen and oxygen atoms in total. The average Bonchev–Trinajstić information content (AvgIpc) is 1.83. The largest absolute Gasteiger partial charge is 0.460 e. The lowest BCUT2D eigenvalue weighted by atomic mass is 10.3. The van der Waals surface area contributed by atoms with Gasteiger partial charge in [-0.15, -0.1) is 0 Å². The molecule has 1 atom stereocenters. The van der Waals surface area contributed by atoms with Crippen molar-refractivity contribution in [3.05, 3.63) is 12.2 Å². The van der Waals surface area contributed by atoms with Crippen LogP contribution in [0.4, 0.5) is 17.6 Å². The SMILES string of the molecule is C=C(C)C(=O)OC(C)(F)C(F)(F)F. The van der Waals surface area contributed by atoms with Crippen LogP contribution in [0.3, 0.4) is 0 Å². The van der Waals surface area contributed by atoms with Crippen molar-refractivity contribution in [3.8, 4) is 0 Å². The minimum absolute atomic E-state index is 0.119. The Kier molecular flexibility index (Phi) is 3.08. The summed E-state index contributed by atoms with van der Waals surface area (Å²) < 4.78 is 51.5. The molecule has 6 heteroatoms. The van der Waals surface area contributed by atoms with Crippen LogP contribution in [0.1, 0.15) is 13.8 Å². The Morgan fingerprint density at radius 2 is 1.69 bits per heavy atom. The zero-order chi connectivity index (χ0) is 10.9. The molecule has 0 fully saturated rings. The summed E-state index contributed by atoms with van der Waals surface area (Å²) in [6.45, 7) is 4.25. The van der Waals surface area contributed by atoms with Gasteiger partial charge in [0.1, 0.15) is 0 Å². The van der Waals surface area contributed by atoms with Crippen molar-refractivity contribution in [2.24, 2.45) is 0 Å². The Labute approximate surface area is 72.2 Å². The van der Waals surface area contributed by atoms with Gasteiger partial charge in [-0.1, -0.05) is 6.58 Å². The van der Waals surface area contributed by atoms with E-state index >= 15 is 0 Å². The van der Waals surface area contributed by atoms with Crippen LogP contribution in [0.25, 0.3) is 0 Å². The Balaban J connectivity index is 4.53. The van der Waals surface area contributed by atoms with Crippen LogP contribution in [-0.4, -0.2) is 18.0 Å². The van der Waals surface area contributed by atoms with Crippen LogP contribution < -0.4 is 0 Å². The summed E-state index contributed by atoms with van der Waals surface area (Å²) in [5.74, 6) is -5.38. The third-order valence-electron chi connectivity index (χ3n) is 1.14. The highest BCUT2D eigenvalue weighted by atomic mass is 19.4. The molecule has 0 rings (SSSR count). The lowest BCUT2D eigenvalue weighted by Gasteiger charge is -2.23. The molecule has 0 aromatic carbocycles. The number of esters is 1. The molecule has 0 saturated carbocycles. The third-order valence-corrected chi connectivity index (χ3v) is 1.14. The number of halogens is 4. The molecule has 1 unspecified atom stereocenters. The molecule has 0 heterocycles. The molecule has 0 aliphatic carbocycles. The van der Waals surface area contributed by atoms with Gasteiger partial charge in [0.15, 0.2) is 0 Å². The van der Waals surface area contributed by atoms with Crippen molar-refractivity contribution in [1.29, 1.82) is 0 Å². The Morgan fingerprint density at radius 3 is 1.92 bits per heavy atom. The lowest BCUT2D eigenvalue weighted by Crippen LogP contribution is -2.42. The van der Waals surface area contributed by atoms with E-state index in [0.717, 1.165) is 6.92 Å². The van der Waals surface area contributed by atoms with E-state index in [1.165, 1.54) is 0 Å². The molecule has 0 bridgehead atoms. The number of carbonyl (C=O) groups is 1. The van der Waals surface area contributed by atoms with Crippen molar-refractivity contribution in [1.82, 2.24) is 0 Å². The average molecular weight is 200 g/mol. The predicted octanol–water partition coefficient (Wildman–Crippen LogP) is 2.35. The van der Waals surface area contributed by atoms with Crippen molar-refractivity contribution in [2.75, 3.05) is 0 Å². The second-order valence-corrected chi connectivity index (χ2v) is 2.58. The van der Waals surface area contributed by atoms with Crippen molar-refractivity contribution in [2.45, 2.75) is 25.9 Å². The molecule has 13 heavy (non-hydrogen) atoms. The number of alkyl halides is 4. The first-order valence-corrected chi connectivity index (χ1v) is 3.22. The van der Waals surface area contributed by atoms with Crippen LogP contribution in [-0.2, 0) is 9.53 Å². The van der Waals surface area contributed by atoms with Gasteiger partial charge < -0.3 is 4.74 Å². The summed E-state index contributed by atoms with van der Waals surface area (Å²) >= 11 is 0. The first-order chi connectivity index (χ1) is 5.58. The van der Waals surface area contributed by atoms with Crippen LogP contribution in [0.15, 0.2) is 12.2 Å². The molecular formula is C7H8F4O2.